The molecule has 0 aromatic carbocycles. The van der Waals surface area contributed by atoms with Crippen LogP contribution >= 0.6 is 0 Å². The van der Waals surface area contributed by atoms with Crippen LogP contribution in [0.4, 0.5) is 0 Å². The normalized spacial score (nSPS) is 44.1. The third-order valence-corrected chi connectivity index (χ3v) is 2.78. The first kappa shape index (κ1) is 7.25. The van der Waals surface area contributed by atoms with Gasteiger partial charge in [0.05, 0.1) is 5.41 Å². The monoisotopic (exact) mass is 154 g/mol. The number of rotatable bonds is 0. The topological polar surface area (TPSA) is 41.1 Å². The fourth-order valence-corrected chi connectivity index (χ4v) is 2.03. The first-order valence-corrected chi connectivity index (χ1v) is 4.18. The average Bonchev–Trinajstić information content (AvgIpc) is 1.93. The summed E-state index contributed by atoms with van der Waals surface area (Å²) in [5.41, 5.74) is -0.124. The molecule has 2 fully saturated rings. The van der Waals surface area contributed by atoms with Crippen molar-refractivity contribution in [2.45, 2.75) is 6.92 Å². The van der Waals surface area contributed by atoms with Crippen molar-refractivity contribution in [1.29, 1.82) is 0 Å². The Morgan fingerprint density at radius 2 is 1.91 bits per heavy atom. The number of hydrogen-bond donors (Lipinski definition) is 2. The van der Waals surface area contributed by atoms with Crippen LogP contribution in [0.3, 0.4) is 0 Å². The molecule has 0 unspecified atom stereocenters. The summed E-state index contributed by atoms with van der Waals surface area (Å²) in [5.74, 6) is 0.678. The third-order valence-electron chi connectivity index (χ3n) is 2.78. The standard InChI is InChI=1S/C8H14N2O/c1-8-4-9-2-6(7(8)11)3-10-5-8/h6,9-10H,2-5H2,1H3. The zero-order chi connectivity index (χ0) is 7.90. The number of ketones is 1. The summed E-state index contributed by atoms with van der Waals surface area (Å²) < 4.78 is 0. The van der Waals surface area contributed by atoms with Crippen molar-refractivity contribution < 1.29 is 4.79 Å². The maximum absolute atomic E-state index is 11.6. The highest BCUT2D eigenvalue weighted by Gasteiger charge is 2.43. The van der Waals surface area contributed by atoms with Crippen molar-refractivity contribution >= 4 is 5.78 Å². The van der Waals surface area contributed by atoms with E-state index in [2.05, 4.69) is 10.6 Å². The van der Waals surface area contributed by atoms with Gasteiger partial charge >= 0.3 is 0 Å². The van der Waals surface area contributed by atoms with Gasteiger partial charge in [0.25, 0.3) is 0 Å². The van der Waals surface area contributed by atoms with Gasteiger partial charge in [-0.3, -0.25) is 4.79 Å². The molecule has 0 aromatic rings. The van der Waals surface area contributed by atoms with Gasteiger partial charge in [-0.05, 0) is 0 Å². The second kappa shape index (κ2) is 2.29. The molecule has 0 amide bonds. The van der Waals surface area contributed by atoms with E-state index in [1.807, 2.05) is 6.92 Å². The molecule has 3 nitrogen and oxygen atoms in total. The van der Waals surface area contributed by atoms with E-state index in [1.165, 1.54) is 0 Å². The lowest BCUT2D eigenvalue weighted by Crippen LogP contribution is -2.61. The second-order valence-electron chi connectivity index (χ2n) is 3.88. The van der Waals surface area contributed by atoms with Gasteiger partial charge in [0.2, 0.25) is 0 Å². The molecule has 0 spiro atoms. The van der Waals surface area contributed by atoms with Crippen LogP contribution in [0.1, 0.15) is 6.92 Å². The summed E-state index contributed by atoms with van der Waals surface area (Å²) >= 11 is 0. The zero-order valence-corrected chi connectivity index (χ0v) is 6.81. The van der Waals surface area contributed by atoms with Crippen LogP contribution < -0.4 is 10.6 Å². The number of hydrogen-bond acceptors (Lipinski definition) is 3. The molecule has 0 radical (unpaired) electrons. The Bertz CT molecular complexity index is 181. The predicted octanol–water partition coefficient (Wildman–Crippen LogP) is -0.616. The lowest BCUT2D eigenvalue weighted by atomic mass is 9.74. The van der Waals surface area contributed by atoms with Crippen molar-refractivity contribution in [3.8, 4) is 0 Å². The van der Waals surface area contributed by atoms with Gasteiger partial charge in [-0.15, -0.1) is 0 Å². The number of carbonyl (C=O) groups excluding carboxylic acids is 1. The molecule has 3 heteroatoms. The SMILES string of the molecule is CC12CNCC(CNC1)C2=O. The average molecular weight is 154 g/mol. The zero-order valence-electron chi connectivity index (χ0n) is 6.81. The number of fused-ring (bicyclic) bond motifs is 2. The van der Waals surface area contributed by atoms with Crippen LogP contribution in [0.2, 0.25) is 0 Å². The highest BCUT2D eigenvalue weighted by molar-refractivity contribution is 5.89. The summed E-state index contributed by atoms with van der Waals surface area (Å²) in [7, 11) is 0. The summed E-state index contributed by atoms with van der Waals surface area (Å²) in [6.07, 6.45) is 0. The molecule has 2 aliphatic rings. The third kappa shape index (κ3) is 0.993. The molecule has 0 atom stereocenters. The van der Waals surface area contributed by atoms with E-state index >= 15 is 0 Å². The van der Waals surface area contributed by atoms with Crippen molar-refractivity contribution in [2.24, 2.45) is 11.3 Å². The lowest BCUT2D eigenvalue weighted by molar-refractivity contribution is -0.136. The molecule has 2 bridgehead atoms. The van der Waals surface area contributed by atoms with Crippen molar-refractivity contribution in [3.05, 3.63) is 0 Å². The fraction of sp³-hybridized carbons (Fsp3) is 0.875. The van der Waals surface area contributed by atoms with Gasteiger partial charge < -0.3 is 10.6 Å². The van der Waals surface area contributed by atoms with Gasteiger partial charge in [-0.25, -0.2) is 0 Å². The Labute approximate surface area is 66.5 Å². The Hall–Kier alpha value is -0.410. The van der Waals surface area contributed by atoms with Crippen molar-refractivity contribution in [3.63, 3.8) is 0 Å². The van der Waals surface area contributed by atoms with E-state index in [9.17, 15) is 4.79 Å². The first-order chi connectivity index (χ1) is 5.22. The van der Waals surface area contributed by atoms with Crippen LogP contribution in [0.15, 0.2) is 0 Å². The summed E-state index contributed by atoms with van der Waals surface area (Å²) in [6.45, 7) is 5.45. The first-order valence-electron chi connectivity index (χ1n) is 4.18. The maximum atomic E-state index is 11.6. The Kier molecular flexibility index (Phi) is 1.51. The molecular weight excluding hydrogens is 140 g/mol. The molecule has 2 aliphatic heterocycles. The van der Waals surface area contributed by atoms with Crippen LogP contribution in [0.25, 0.3) is 0 Å². The van der Waals surface area contributed by atoms with E-state index in [-0.39, 0.29) is 11.3 Å². The van der Waals surface area contributed by atoms with Crippen LogP contribution in [-0.4, -0.2) is 32.0 Å². The Morgan fingerprint density at radius 1 is 1.36 bits per heavy atom. The van der Waals surface area contributed by atoms with Crippen molar-refractivity contribution in [2.75, 3.05) is 26.2 Å². The highest BCUT2D eigenvalue weighted by atomic mass is 16.1. The predicted molar refractivity (Wildman–Crippen MR) is 42.3 cm³/mol. The summed E-state index contributed by atoms with van der Waals surface area (Å²) in [4.78, 5) is 11.6. The smallest absolute Gasteiger partial charge is 0.146 e. The van der Waals surface area contributed by atoms with Crippen molar-refractivity contribution in [1.82, 2.24) is 10.6 Å². The second-order valence-corrected chi connectivity index (χ2v) is 3.88. The van der Waals surface area contributed by atoms with Gasteiger partial charge in [-0.2, -0.15) is 0 Å². The molecular formula is C8H14N2O. The van der Waals surface area contributed by atoms with Crippen LogP contribution in [-0.2, 0) is 4.79 Å². The summed E-state index contributed by atoms with van der Waals surface area (Å²) in [6, 6.07) is 0. The minimum atomic E-state index is -0.124. The van der Waals surface area contributed by atoms with Crippen LogP contribution in [0, 0.1) is 11.3 Å². The largest absolute Gasteiger partial charge is 0.315 e. The highest BCUT2D eigenvalue weighted by Crippen LogP contribution is 2.26. The molecule has 2 saturated heterocycles. The van der Waals surface area contributed by atoms with E-state index < -0.39 is 0 Å². The quantitative estimate of drug-likeness (QED) is 0.489. The molecule has 0 saturated carbocycles. The number of carbonyl (C=O) groups is 1. The van der Waals surface area contributed by atoms with Gasteiger partial charge in [0, 0.05) is 32.1 Å². The molecule has 62 valence electrons. The number of piperidine rings is 2. The molecule has 2 N–H and O–H groups in total. The van der Waals surface area contributed by atoms with E-state index in [4.69, 9.17) is 0 Å². The van der Waals surface area contributed by atoms with Crippen LogP contribution in [0.5, 0.6) is 0 Å². The molecule has 2 rings (SSSR count). The Balaban J connectivity index is 2.24. The summed E-state index contributed by atoms with van der Waals surface area (Å²) in [5, 5.41) is 6.59. The molecule has 0 aromatic heterocycles. The molecule has 0 aliphatic carbocycles. The number of Topliss-reactive ketones (excluding diaryl/α,β-unsaturated/α-hetero) is 1. The van der Waals surface area contributed by atoms with Gasteiger partial charge in [0.15, 0.2) is 0 Å². The molecule has 2 heterocycles. The van der Waals surface area contributed by atoms with E-state index in [1.54, 1.807) is 0 Å². The van der Waals surface area contributed by atoms with E-state index in [0.29, 0.717) is 5.78 Å². The van der Waals surface area contributed by atoms with Gasteiger partial charge in [-0.1, -0.05) is 6.92 Å². The minimum absolute atomic E-state index is 0.124. The van der Waals surface area contributed by atoms with Gasteiger partial charge in [0.1, 0.15) is 5.78 Å². The maximum Gasteiger partial charge on any atom is 0.146 e. The lowest BCUT2D eigenvalue weighted by Gasteiger charge is -2.41. The molecule has 11 heavy (non-hydrogen) atoms. The van der Waals surface area contributed by atoms with E-state index in [0.717, 1.165) is 26.2 Å². The Morgan fingerprint density at radius 3 is 2.27 bits per heavy atom. The fourth-order valence-electron chi connectivity index (χ4n) is 2.03. The minimum Gasteiger partial charge on any atom is -0.315 e. The number of nitrogens with one attached hydrogen (secondary N) is 2.